The van der Waals surface area contributed by atoms with Gasteiger partial charge in [-0.15, -0.1) is 11.3 Å². The highest BCUT2D eigenvalue weighted by Gasteiger charge is 2.12. The molecule has 2 heterocycles. The van der Waals surface area contributed by atoms with Crippen molar-refractivity contribution in [2.24, 2.45) is 0 Å². The molecule has 0 fully saturated rings. The second-order valence-electron chi connectivity index (χ2n) is 4.71. The number of nitrogens with two attached hydrogens (primary N) is 1. The Morgan fingerprint density at radius 3 is 2.61 bits per heavy atom. The lowest BCUT2D eigenvalue weighted by Crippen LogP contribution is -2.29. The summed E-state index contributed by atoms with van der Waals surface area (Å²) in [6, 6.07) is 2.13. The lowest BCUT2D eigenvalue weighted by atomic mass is 10.3. The normalized spacial score (nSPS) is 11.4. The molecule has 0 aliphatic heterocycles. The summed E-state index contributed by atoms with van der Waals surface area (Å²) in [6.07, 6.45) is 0. The van der Waals surface area contributed by atoms with Crippen LogP contribution in [0.3, 0.4) is 0 Å². The van der Waals surface area contributed by atoms with Gasteiger partial charge in [0.15, 0.2) is 0 Å². The van der Waals surface area contributed by atoms with Crippen molar-refractivity contribution >= 4 is 33.3 Å². The first-order chi connectivity index (χ1) is 8.47. The summed E-state index contributed by atoms with van der Waals surface area (Å²) in [4.78, 5) is 15.1. The molecule has 6 heteroatoms. The molecule has 2 N–H and O–H groups in total. The third-order valence-corrected chi connectivity index (χ3v) is 3.70. The third-order valence-electron chi connectivity index (χ3n) is 2.76. The van der Waals surface area contributed by atoms with Crippen molar-refractivity contribution in [3.8, 4) is 0 Å². The van der Waals surface area contributed by atoms with E-state index in [4.69, 9.17) is 5.73 Å². The lowest BCUT2D eigenvalue weighted by molar-refractivity contribution is 0.416. The van der Waals surface area contributed by atoms with Crippen LogP contribution in [0.1, 0.15) is 4.88 Å². The van der Waals surface area contributed by atoms with E-state index in [9.17, 15) is 0 Å². The molecule has 5 nitrogen and oxygen atoms in total. The zero-order chi connectivity index (χ0) is 13.3. The molecule has 0 bridgehead atoms. The molecule has 0 atom stereocenters. The molecule has 0 spiro atoms. The number of nitrogens with zero attached hydrogens (tertiary/aromatic N) is 4. The van der Waals surface area contributed by atoms with Gasteiger partial charge in [-0.3, -0.25) is 0 Å². The molecule has 2 rings (SSSR count). The van der Waals surface area contributed by atoms with Gasteiger partial charge in [0.1, 0.15) is 10.6 Å². The maximum Gasteiger partial charge on any atom is 0.223 e. The maximum absolute atomic E-state index is 5.78. The minimum Gasteiger partial charge on any atom is -0.368 e. The summed E-state index contributed by atoms with van der Waals surface area (Å²) in [5, 5.41) is 1.09. The minimum atomic E-state index is 0.344. The molecule has 98 valence electrons. The van der Waals surface area contributed by atoms with Gasteiger partial charge in [0, 0.05) is 25.0 Å². The molecule has 0 aliphatic carbocycles. The molecule has 0 radical (unpaired) electrons. The van der Waals surface area contributed by atoms with Crippen LogP contribution in [0.5, 0.6) is 0 Å². The molecular weight excluding hydrogens is 246 g/mol. The SMILES string of the molecule is Cc1cc2c(N(C)CCN(C)C)nc(N)nc2s1. The van der Waals surface area contributed by atoms with Crippen LogP contribution in [0.2, 0.25) is 0 Å². The quantitative estimate of drug-likeness (QED) is 0.909. The van der Waals surface area contributed by atoms with Gasteiger partial charge in [-0.05, 0) is 27.1 Å². The zero-order valence-electron chi connectivity index (χ0n) is 11.3. The summed E-state index contributed by atoms with van der Waals surface area (Å²) in [5.41, 5.74) is 5.78. The highest BCUT2D eigenvalue weighted by Crippen LogP contribution is 2.30. The van der Waals surface area contributed by atoms with Crippen molar-refractivity contribution in [2.45, 2.75) is 6.92 Å². The number of anilines is 2. The van der Waals surface area contributed by atoms with Crippen molar-refractivity contribution in [3.05, 3.63) is 10.9 Å². The average molecular weight is 265 g/mol. The fourth-order valence-corrected chi connectivity index (χ4v) is 2.67. The Labute approximate surface area is 111 Å². The van der Waals surface area contributed by atoms with E-state index in [1.54, 1.807) is 11.3 Å². The van der Waals surface area contributed by atoms with Gasteiger partial charge in [0.05, 0.1) is 5.39 Å². The first-order valence-corrected chi connectivity index (χ1v) is 6.68. The van der Waals surface area contributed by atoms with Gasteiger partial charge in [0.2, 0.25) is 5.95 Å². The van der Waals surface area contributed by atoms with E-state index in [1.807, 2.05) is 7.05 Å². The van der Waals surface area contributed by atoms with E-state index in [-0.39, 0.29) is 0 Å². The summed E-state index contributed by atoms with van der Waals surface area (Å²) >= 11 is 1.65. The summed E-state index contributed by atoms with van der Waals surface area (Å²) in [7, 11) is 6.16. The molecule has 0 unspecified atom stereocenters. The Balaban J connectivity index is 2.36. The van der Waals surface area contributed by atoms with Crippen LogP contribution >= 0.6 is 11.3 Å². The molecule has 0 amide bonds. The topological polar surface area (TPSA) is 58.3 Å². The third kappa shape index (κ3) is 2.70. The number of aromatic nitrogens is 2. The summed E-state index contributed by atoms with van der Waals surface area (Å²) in [6.45, 7) is 3.96. The number of thiophene rings is 1. The van der Waals surface area contributed by atoms with E-state index in [0.717, 1.165) is 29.1 Å². The highest BCUT2D eigenvalue weighted by atomic mass is 32.1. The van der Waals surface area contributed by atoms with Crippen LogP contribution in [0.15, 0.2) is 6.07 Å². The largest absolute Gasteiger partial charge is 0.368 e. The van der Waals surface area contributed by atoms with Crippen molar-refractivity contribution in [1.29, 1.82) is 0 Å². The summed E-state index contributed by atoms with van der Waals surface area (Å²) < 4.78 is 0. The monoisotopic (exact) mass is 265 g/mol. The number of fused-ring (bicyclic) bond motifs is 1. The van der Waals surface area contributed by atoms with Crippen LogP contribution in [0, 0.1) is 6.92 Å². The average Bonchev–Trinajstić information content (AvgIpc) is 2.64. The van der Waals surface area contributed by atoms with E-state index in [2.05, 4.69) is 46.9 Å². The molecular formula is C12H19N5S. The van der Waals surface area contributed by atoms with E-state index in [0.29, 0.717) is 5.95 Å². The molecule has 0 saturated heterocycles. The maximum atomic E-state index is 5.78. The van der Waals surface area contributed by atoms with Gasteiger partial charge in [0.25, 0.3) is 0 Å². The predicted octanol–water partition coefficient (Wildman–Crippen LogP) is 1.58. The lowest BCUT2D eigenvalue weighted by Gasteiger charge is -2.21. The van der Waals surface area contributed by atoms with Crippen LogP contribution in [0.4, 0.5) is 11.8 Å². The fourth-order valence-electron chi connectivity index (χ4n) is 1.79. The van der Waals surface area contributed by atoms with Crippen LogP contribution in [0.25, 0.3) is 10.2 Å². The highest BCUT2D eigenvalue weighted by molar-refractivity contribution is 7.18. The number of hydrogen-bond donors (Lipinski definition) is 1. The second-order valence-corrected chi connectivity index (χ2v) is 5.94. The van der Waals surface area contributed by atoms with E-state index in [1.165, 1.54) is 4.88 Å². The Bertz CT molecular complexity index is 549. The van der Waals surface area contributed by atoms with Crippen LogP contribution in [-0.2, 0) is 0 Å². The Morgan fingerprint density at radius 1 is 1.22 bits per heavy atom. The Hall–Kier alpha value is -1.40. The number of aryl methyl sites for hydroxylation is 1. The van der Waals surface area contributed by atoms with Gasteiger partial charge in [-0.1, -0.05) is 0 Å². The molecule has 2 aromatic rings. The smallest absolute Gasteiger partial charge is 0.223 e. The van der Waals surface area contributed by atoms with Crippen molar-refractivity contribution < 1.29 is 0 Å². The number of rotatable bonds is 4. The van der Waals surface area contributed by atoms with Gasteiger partial charge < -0.3 is 15.5 Å². The van der Waals surface area contributed by atoms with Crippen molar-refractivity contribution in [3.63, 3.8) is 0 Å². The van der Waals surface area contributed by atoms with Gasteiger partial charge in [-0.2, -0.15) is 4.98 Å². The van der Waals surface area contributed by atoms with E-state index >= 15 is 0 Å². The van der Waals surface area contributed by atoms with Gasteiger partial charge in [-0.25, -0.2) is 4.98 Å². The first-order valence-electron chi connectivity index (χ1n) is 5.87. The summed E-state index contributed by atoms with van der Waals surface area (Å²) in [5.74, 6) is 1.26. The zero-order valence-corrected chi connectivity index (χ0v) is 12.1. The Kier molecular flexibility index (Phi) is 3.68. The molecule has 0 saturated carbocycles. The molecule has 0 aromatic carbocycles. The fraction of sp³-hybridized carbons (Fsp3) is 0.500. The van der Waals surface area contributed by atoms with Crippen LogP contribution < -0.4 is 10.6 Å². The van der Waals surface area contributed by atoms with E-state index < -0.39 is 0 Å². The van der Waals surface area contributed by atoms with Crippen molar-refractivity contribution in [2.75, 3.05) is 44.9 Å². The predicted molar refractivity (Wildman–Crippen MR) is 78.4 cm³/mol. The number of likely N-dealkylation sites (N-methyl/N-ethyl adjacent to an activating group) is 2. The Morgan fingerprint density at radius 2 is 1.94 bits per heavy atom. The molecule has 2 aromatic heterocycles. The number of nitrogen functional groups attached to an aromatic ring is 1. The van der Waals surface area contributed by atoms with Gasteiger partial charge >= 0.3 is 0 Å². The van der Waals surface area contributed by atoms with Crippen LogP contribution in [-0.4, -0.2) is 49.1 Å². The standard InChI is InChI=1S/C12H19N5S/c1-8-7-9-10(17(4)6-5-16(2)3)14-12(13)15-11(9)18-8/h7H,5-6H2,1-4H3,(H2,13,14,15). The minimum absolute atomic E-state index is 0.344. The van der Waals surface area contributed by atoms with Crippen molar-refractivity contribution in [1.82, 2.24) is 14.9 Å². The number of hydrogen-bond acceptors (Lipinski definition) is 6. The molecule has 18 heavy (non-hydrogen) atoms. The molecule has 0 aliphatic rings. The second kappa shape index (κ2) is 5.07. The first kappa shape index (κ1) is 13.0.